The van der Waals surface area contributed by atoms with E-state index in [1.165, 1.54) is 0 Å². The zero-order chi connectivity index (χ0) is 17.4. The van der Waals surface area contributed by atoms with Crippen LogP contribution in [0.4, 0.5) is 11.6 Å². The van der Waals surface area contributed by atoms with Crippen LogP contribution >= 0.6 is 0 Å². The molecular formula is C20H15N3O2. The first-order chi connectivity index (χ1) is 12.1. The molecule has 0 unspecified atom stereocenters. The van der Waals surface area contributed by atoms with Crippen LogP contribution in [0.3, 0.4) is 0 Å². The zero-order valence-corrected chi connectivity index (χ0v) is 13.3. The van der Waals surface area contributed by atoms with Gasteiger partial charge in [0.2, 0.25) is 5.88 Å². The number of benzene rings is 2. The van der Waals surface area contributed by atoms with Gasteiger partial charge in [-0.1, -0.05) is 54.6 Å². The predicted molar refractivity (Wildman–Crippen MR) is 98.1 cm³/mol. The summed E-state index contributed by atoms with van der Waals surface area (Å²) in [6.07, 6.45) is 3.29. The van der Waals surface area contributed by atoms with Crippen molar-refractivity contribution in [2.24, 2.45) is 0 Å². The molecule has 4 aromatic rings. The lowest BCUT2D eigenvalue weighted by molar-refractivity contribution is 0.103. The van der Waals surface area contributed by atoms with Crippen molar-refractivity contribution in [1.29, 1.82) is 0 Å². The Hall–Kier alpha value is -3.60. The fourth-order valence-electron chi connectivity index (χ4n) is 2.87. The van der Waals surface area contributed by atoms with Crippen LogP contribution in [0.25, 0.3) is 22.1 Å². The molecule has 0 saturated heterocycles. The lowest BCUT2D eigenvalue weighted by atomic mass is 9.98. The molecule has 0 aliphatic rings. The minimum absolute atomic E-state index is 0.0180. The van der Waals surface area contributed by atoms with Gasteiger partial charge in [0.15, 0.2) is 11.4 Å². The van der Waals surface area contributed by atoms with Crippen molar-refractivity contribution in [3.63, 3.8) is 0 Å². The Bertz CT molecular complexity index is 1070. The van der Waals surface area contributed by atoms with Gasteiger partial charge in [0, 0.05) is 22.9 Å². The maximum atomic E-state index is 12.5. The fourth-order valence-corrected chi connectivity index (χ4v) is 2.87. The van der Waals surface area contributed by atoms with Crippen molar-refractivity contribution in [2.75, 3.05) is 11.5 Å². The topological polar surface area (TPSA) is 95.1 Å². The highest BCUT2D eigenvalue weighted by atomic mass is 16.3. The number of aromatic nitrogens is 1. The second kappa shape index (κ2) is 5.79. The zero-order valence-electron chi connectivity index (χ0n) is 13.3. The molecule has 0 saturated carbocycles. The van der Waals surface area contributed by atoms with E-state index in [0.29, 0.717) is 22.4 Å². The lowest BCUT2D eigenvalue weighted by Gasteiger charge is -2.06. The van der Waals surface area contributed by atoms with Gasteiger partial charge in [0.1, 0.15) is 5.69 Å². The van der Waals surface area contributed by atoms with E-state index in [4.69, 9.17) is 15.9 Å². The largest absolute Gasteiger partial charge is 0.437 e. The summed E-state index contributed by atoms with van der Waals surface area (Å²) in [7, 11) is 0. The third-order valence-corrected chi connectivity index (χ3v) is 4.16. The molecule has 2 heterocycles. The number of furan rings is 1. The van der Waals surface area contributed by atoms with Crippen LogP contribution in [0.2, 0.25) is 0 Å². The second-order valence-corrected chi connectivity index (χ2v) is 5.71. The molecule has 2 aromatic carbocycles. The number of hydrogen-bond donors (Lipinski definition) is 2. The molecule has 5 heteroatoms. The molecule has 0 atom stereocenters. The highest BCUT2D eigenvalue weighted by Crippen LogP contribution is 2.37. The van der Waals surface area contributed by atoms with E-state index in [0.717, 1.165) is 16.5 Å². The monoisotopic (exact) mass is 329 g/mol. The first kappa shape index (κ1) is 15.0. The van der Waals surface area contributed by atoms with Crippen molar-refractivity contribution in [3.05, 3.63) is 78.1 Å². The number of ketones is 1. The molecule has 0 fully saturated rings. The Kier molecular flexibility index (Phi) is 3.47. The molecule has 5 nitrogen and oxygen atoms in total. The van der Waals surface area contributed by atoms with Crippen molar-refractivity contribution in [1.82, 2.24) is 4.98 Å². The average Bonchev–Trinajstić information content (AvgIpc) is 2.96. The smallest absolute Gasteiger partial charge is 0.214 e. The summed E-state index contributed by atoms with van der Waals surface area (Å²) in [6.45, 7) is 0. The maximum absolute atomic E-state index is 12.5. The van der Waals surface area contributed by atoms with Crippen LogP contribution in [0.5, 0.6) is 0 Å². The molecule has 0 radical (unpaired) electrons. The number of anilines is 2. The first-order valence-corrected chi connectivity index (χ1v) is 7.77. The summed E-state index contributed by atoms with van der Waals surface area (Å²) in [5.74, 6) is 0.163. The minimum atomic E-state index is -0.0180. The summed E-state index contributed by atoms with van der Waals surface area (Å²) in [5.41, 5.74) is 15.7. The van der Waals surface area contributed by atoms with Gasteiger partial charge in [-0.15, -0.1) is 0 Å². The molecule has 0 aliphatic heterocycles. The molecule has 0 spiro atoms. The number of rotatable bonds is 3. The van der Waals surface area contributed by atoms with Gasteiger partial charge in [0.05, 0.1) is 11.6 Å². The average molecular weight is 329 g/mol. The van der Waals surface area contributed by atoms with E-state index in [2.05, 4.69) is 4.98 Å². The van der Waals surface area contributed by atoms with Gasteiger partial charge < -0.3 is 15.9 Å². The fraction of sp³-hybridized carbons (Fsp3) is 0. The number of nitrogens with zero attached hydrogens (tertiary/aromatic N) is 1. The Balaban J connectivity index is 1.75. The van der Waals surface area contributed by atoms with Gasteiger partial charge in [-0.05, 0) is 5.56 Å². The van der Waals surface area contributed by atoms with Crippen LogP contribution in [-0.4, -0.2) is 10.8 Å². The van der Waals surface area contributed by atoms with E-state index >= 15 is 0 Å². The Morgan fingerprint density at radius 3 is 2.28 bits per heavy atom. The molecule has 0 bridgehead atoms. The molecule has 0 amide bonds. The second-order valence-electron chi connectivity index (χ2n) is 5.71. The lowest BCUT2D eigenvalue weighted by Crippen LogP contribution is -2.00. The van der Waals surface area contributed by atoms with Crippen LogP contribution in [0, 0.1) is 0 Å². The highest BCUT2D eigenvalue weighted by Gasteiger charge is 2.15. The third kappa shape index (κ3) is 2.52. The number of nitrogen functional groups attached to an aromatic ring is 2. The maximum Gasteiger partial charge on any atom is 0.214 e. The van der Waals surface area contributed by atoms with Gasteiger partial charge in [0.25, 0.3) is 0 Å². The highest BCUT2D eigenvalue weighted by molar-refractivity contribution is 6.09. The van der Waals surface area contributed by atoms with Crippen molar-refractivity contribution >= 4 is 28.3 Å². The summed E-state index contributed by atoms with van der Waals surface area (Å²) >= 11 is 0. The Morgan fingerprint density at radius 1 is 0.880 bits per heavy atom. The molecule has 122 valence electrons. The number of carbonyl (C=O) groups excluding carboxylic acids is 1. The van der Waals surface area contributed by atoms with Crippen LogP contribution in [0.15, 0.2) is 71.4 Å². The minimum Gasteiger partial charge on any atom is -0.437 e. The van der Waals surface area contributed by atoms with E-state index in [1.807, 2.05) is 30.3 Å². The molecule has 4 rings (SSSR count). The van der Waals surface area contributed by atoms with Crippen LogP contribution < -0.4 is 11.5 Å². The number of carbonyl (C=O) groups is 1. The van der Waals surface area contributed by atoms with E-state index < -0.39 is 0 Å². The van der Waals surface area contributed by atoms with Crippen LogP contribution in [0.1, 0.15) is 15.9 Å². The van der Waals surface area contributed by atoms with Gasteiger partial charge in [-0.2, -0.15) is 0 Å². The molecular weight excluding hydrogens is 314 g/mol. The predicted octanol–water partition coefficient (Wildman–Crippen LogP) is 3.89. The van der Waals surface area contributed by atoms with Crippen molar-refractivity contribution in [2.45, 2.75) is 0 Å². The van der Waals surface area contributed by atoms with Gasteiger partial charge in [-0.3, -0.25) is 9.78 Å². The summed E-state index contributed by atoms with van der Waals surface area (Å²) in [6, 6.07) is 16.5. The normalized spacial score (nSPS) is 10.9. The Morgan fingerprint density at radius 2 is 1.56 bits per heavy atom. The number of fused-ring (bicyclic) bond motifs is 1. The molecule has 0 aliphatic carbocycles. The van der Waals surface area contributed by atoms with E-state index in [-0.39, 0.29) is 11.7 Å². The third-order valence-electron chi connectivity index (χ3n) is 4.16. The standard InChI is InChI=1S/C20H15N3O2/c21-18-17-15(10-23-11-16(17)25-20(18)22)12-6-8-14(9-7-12)19(24)13-4-2-1-3-5-13/h1-11H,21-22H2. The number of nitrogens with two attached hydrogens (primary N) is 2. The summed E-state index contributed by atoms with van der Waals surface area (Å²) < 4.78 is 5.42. The SMILES string of the molecule is Nc1oc2cncc(-c3ccc(C(=O)c4ccccc4)cc3)c2c1N. The molecule has 25 heavy (non-hydrogen) atoms. The summed E-state index contributed by atoms with van der Waals surface area (Å²) in [5, 5.41) is 0.731. The van der Waals surface area contributed by atoms with Crippen molar-refractivity contribution in [3.8, 4) is 11.1 Å². The Labute approximate surface area is 143 Å². The molecule has 4 N–H and O–H groups in total. The molecule has 2 aromatic heterocycles. The van der Waals surface area contributed by atoms with E-state index in [1.54, 1.807) is 36.7 Å². The number of hydrogen-bond acceptors (Lipinski definition) is 5. The van der Waals surface area contributed by atoms with Gasteiger partial charge >= 0.3 is 0 Å². The van der Waals surface area contributed by atoms with Crippen molar-refractivity contribution < 1.29 is 9.21 Å². The number of pyridine rings is 1. The first-order valence-electron chi connectivity index (χ1n) is 7.77. The van der Waals surface area contributed by atoms with Crippen LogP contribution in [-0.2, 0) is 0 Å². The van der Waals surface area contributed by atoms with E-state index in [9.17, 15) is 4.79 Å². The van der Waals surface area contributed by atoms with Gasteiger partial charge in [-0.25, -0.2) is 0 Å². The quantitative estimate of drug-likeness (QED) is 0.556. The summed E-state index contributed by atoms with van der Waals surface area (Å²) in [4.78, 5) is 16.7.